The number of carbonyl (C=O) groups excluding carboxylic acids is 2. The number of benzene rings is 2. The molecule has 25 heavy (non-hydrogen) atoms. The van der Waals surface area contributed by atoms with Gasteiger partial charge in [0.2, 0.25) is 5.91 Å². The van der Waals surface area contributed by atoms with Crippen molar-refractivity contribution in [3.05, 3.63) is 71.9 Å². The molecule has 0 saturated heterocycles. The molecular formula is C20H21N3O2. The summed E-state index contributed by atoms with van der Waals surface area (Å²) in [4.78, 5) is 26.8. The molecule has 2 atom stereocenters. The van der Waals surface area contributed by atoms with Gasteiger partial charge in [0.15, 0.2) is 0 Å². The maximum absolute atomic E-state index is 12.4. The van der Waals surface area contributed by atoms with Crippen LogP contribution in [-0.2, 0) is 22.4 Å². The lowest BCUT2D eigenvalue weighted by Gasteiger charge is -2.16. The SMILES string of the molecule is N[C@@H](Cc1c[nH]c2ccccc12)C(=O)N[C@@H](C=O)Cc1ccccc1. The highest BCUT2D eigenvalue weighted by Gasteiger charge is 2.19. The van der Waals surface area contributed by atoms with Crippen LogP contribution in [0.3, 0.4) is 0 Å². The summed E-state index contributed by atoms with van der Waals surface area (Å²) >= 11 is 0. The number of para-hydroxylation sites is 1. The fourth-order valence-electron chi connectivity index (χ4n) is 2.92. The summed E-state index contributed by atoms with van der Waals surface area (Å²) in [7, 11) is 0. The molecule has 5 heteroatoms. The molecule has 0 aliphatic rings. The molecule has 3 aromatic rings. The zero-order chi connectivity index (χ0) is 17.6. The number of aromatic amines is 1. The maximum Gasteiger partial charge on any atom is 0.237 e. The van der Waals surface area contributed by atoms with E-state index in [1.54, 1.807) is 0 Å². The van der Waals surface area contributed by atoms with Crippen molar-refractivity contribution in [2.45, 2.75) is 24.9 Å². The van der Waals surface area contributed by atoms with Crippen LogP contribution in [0.2, 0.25) is 0 Å². The zero-order valence-electron chi connectivity index (χ0n) is 13.8. The number of fused-ring (bicyclic) bond motifs is 1. The van der Waals surface area contributed by atoms with Gasteiger partial charge in [0.25, 0.3) is 0 Å². The molecule has 4 N–H and O–H groups in total. The van der Waals surface area contributed by atoms with Crippen LogP contribution < -0.4 is 11.1 Å². The van der Waals surface area contributed by atoms with Crippen LogP contribution in [0, 0.1) is 0 Å². The number of H-pyrrole nitrogens is 1. The van der Waals surface area contributed by atoms with Crippen LogP contribution in [0.15, 0.2) is 60.8 Å². The van der Waals surface area contributed by atoms with Crippen molar-refractivity contribution < 1.29 is 9.59 Å². The van der Waals surface area contributed by atoms with E-state index in [1.807, 2.05) is 60.8 Å². The molecule has 0 saturated carbocycles. The highest BCUT2D eigenvalue weighted by atomic mass is 16.2. The molecular weight excluding hydrogens is 314 g/mol. The Morgan fingerprint density at radius 2 is 1.80 bits per heavy atom. The second-order valence-electron chi connectivity index (χ2n) is 6.11. The monoisotopic (exact) mass is 335 g/mol. The second kappa shape index (κ2) is 7.77. The Bertz CT molecular complexity index is 858. The van der Waals surface area contributed by atoms with Gasteiger partial charge in [-0.25, -0.2) is 0 Å². The Balaban J connectivity index is 1.62. The minimum atomic E-state index is -0.711. The Kier molecular flexibility index (Phi) is 5.26. The second-order valence-corrected chi connectivity index (χ2v) is 6.11. The Morgan fingerprint density at radius 1 is 1.08 bits per heavy atom. The summed E-state index contributed by atoms with van der Waals surface area (Å²) in [6.07, 6.45) is 3.49. The van der Waals surface area contributed by atoms with E-state index in [1.165, 1.54) is 0 Å². The van der Waals surface area contributed by atoms with E-state index in [2.05, 4.69) is 10.3 Å². The highest BCUT2D eigenvalue weighted by Crippen LogP contribution is 2.18. The molecule has 3 rings (SSSR count). The summed E-state index contributed by atoms with van der Waals surface area (Å²) in [5.74, 6) is -0.321. The van der Waals surface area contributed by atoms with Crippen LogP contribution in [0.5, 0.6) is 0 Å². The van der Waals surface area contributed by atoms with Gasteiger partial charge in [-0.1, -0.05) is 48.5 Å². The lowest BCUT2D eigenvalue weighted by atomic mass is 10.0. The summed E-state index contributed by atoms with van der Waals surface area (Å²) in [5, 5.41) is 3.79. The van der Waals surface area contributed by atoms with Crippen molar-refractivity contribution in [1.82, 2.24) is 10.3 Å². The molecule has 0 unspecified atom stereocenters. The number of aldehydes is 1. The molecule has 0 aliphatic heterocycles. The van der Waals surface area contributed by atoms with Gasteiger partial charge >= 0.3 is 0 Å². The van der Waals surface area contributed by atoms with Gasteiger partial charge in [-0.2, -0.15) is 0 Å². The van der Waals surface area contributed by atoms with Crippen LogP contribution in [0.4, 0.5) is 0 Å². The van der Waals surface area contributed by atoms with Crippen molar-refractivity contribution in [3.8, 4) is 0 Å². The summed E-state index contributed by atoms with van der Waals surface area (Å²) in [5.41, 5.74) is 9.05. The lowest BCUT2D eigenvalue weighted by molar-refractivity contribution is -0.125. The molecule has 128 valence electrons. The van der Waals surface area contributed by atoms with Crippen LogP contribution in [0.25, 0.3) is 10.9 Å². The van der Waals surface area contributed by atoms with Crippen molar-refractivity contribution in [1.29, 1.82) is 0 Å². The van der Waals surface area contributed by atoms with Gasteiger partial charge in [0.05, 0.1) is 12.1 Å². The average Bonchev–Trinajstić information content (AvgIpc) is 3.05. The smallest absolute Gasteiger partial charge is 0.237 e. The largest absolute Gasteiger partial charge is 0.361 e. The predicted octanol–water partition coefficient (Wildman–Crippen LogP) is 1.96. The summed E-state index contributed by atoms with van der Waals surface area (Å²) in [6, 6.07) is 16.2. The first-order chi connectivity index (χ1) is 12.2. The Labute approximate surface area is 146 Å². The van der Waals surface area contributed by atoms with E-state index in [4.69, 9.17) is 5.73 Å². The quantitative estimate of drug-likeness (QED) is 0.577. The number of nitrogens with two attached hydrogens (primary N) is 1. The highest BCUT2D eigenvalue weighted by molar-refractivity contribution is 5.87. The first-order valence-corrected chi connectivity index (χ1v) is 8.27. The number of aromatic nitrogens is 1. The molecule has 5 nitrogen and oxygen atoms in total. The fraction of sp³-hybridized carbons (Fsp3) is 0.200. The fourth-order valence-corrected chi connectivity index (χ4v) is 2.92. The minimum absolute atomic E-state index is 0.321. The van der Waals surface area contributed by atoms with Crippen molar-refractivity contribution in [3.63, 3.8) is 0 Å². The predicted molar refractivity (Wildman–Crippen MR) is 98.1 cm³/mol. The minimum Gasteiger partial charge on any atom is -0.361 e. The van der Waals surface area contributed by atoms with Gasteiger partial charge < -0.3 is 20.8 Å². The molecule has 0 radical (unpaired) electrons. The maximum atomic E-state index is 12.4. The number of rotatable bonds is 7. The van der Waals surface area contributed by atoms with Gasteiger partial charge in [-0.05, 0) is 30.0 Å². The Hall–Kier alpha value is -2.92. The molecule has 2 aromatic carbocycles. The molecule has 0 bridgehead atoms. The normalized spacial score (nSPS) is 13.3. The van der Waals surface area contributed by atoms with Gasteiger partial charge in [-0.15, -0.1) is 0 Å². The van der Waals surface area contributed by atoms with Crippen molar-refractivity contribution >= 4 is 23.1 Å². The average molecular weight is 335 g/mol. The number of hydrogen-bond donors (Lipinski definition) is 3. The third-order valence-electron chi connectivity index (χ3n) is 4.24. The third kappa shape index (κ3) is 4.14. The van der Waals surface area contributed by atoms with E-state index >= 15 is 0 Å². The zero-order valence-corrected chi connectivity index (χ0v) is 13.8. The van der Waals surface area contributed by atoms with E-state index in [0.29, 0.717) is 12.8 Å². The van der Waals surface area contributed by atoms with E-state index in [-0.39, 0.29) is 5.91 Å². The number of carbonyl (C=O) groups is 2. The number of nitrogens with one attached hydrogen (secondary N) is 2. The van der Waals surface area contributed by atoms with Crippen LogP contribution in [0.1, 0.15) is 11.1 Å². The number of hydrogen-bond acceptors (Lipinski definition) is 3. The topological polar surface area (TPSA) is 88.0 Å². The van der Waals surface area contributed by atoms with Crippen molar-refractivity contribution in [2.24, 2.45) is 5.73 Å². The molecule has 1 aromatic heterocycles. The molecule has 0 spiro atoms. The summed E-state index contributed by atoms with van der Waals surface area (Å²) < 4.78 is 0. The third-order valence-corrected chi connectivity index (χ3v) is 4.24. The van der Waals surface area contributed by atoms with E-state index in [9.17, 15) is 9.59 Å². The number of amides is 1. The van der Waals surface area contributed by atoms with Gasteiger partial charge in [0.1, 0.15) is 6.29 Å². The summed E-state index contributed by atoms with van der Waals surface area (Å²) in [6.45, 7) is 0. The molecule has 0 aliphatic carbocycles. The van der Waals surface area contributed by atoms with Gasteiger partial charge in [-0.3, -0.25) is 4.79 Å². The van der Waals surface area contributed by atoms with E-state index < -0.39 is 12.1 Å². The lowest BCUT2D eigenvalue weighted by Crippen LogP contribution is -2.47. The molecule has 1 amide bonds. The standard InChI is InChI=1S/C20H21N3O2/c21-18(11-15-12-22-19-9-5-4-8-17(15)19)20(25)23-16(13-24)10-14-6-2-1-3-7-14/h1-9,12-13,16,18,22H,10-11,21H2,(H,23,25)/t16-,18+/m1/s1. The van der Waals surface area contributed by atoms with Crippen LogP contribution in [-0.4, -0.2) is 29.3 Å². The van der Waals surface area contributed by atoms with E-state index in [0.717, 1.165) is 28.3 Å². The van der Waals surface area contributed by atoms with Crippen molar-refractivity contribution in [2.75, 3.05) is 0 Å². The molecule has 1 heterocycles. The van der Waals surface area contributed by atoms with Gasteiger partial charge in [0, 0.05) is 17.1 Å². The molecule has 0 fully saturated rings. The Morgan fingerprint density at radius 3 is 2.56 bits per heavy atom. The van der Waals surface area contributed by atoms with Crippen LogP contribution >= 0.6 is 0 Å². The first-order valence-electron chi connectivity index (χ1n) is 8.27. The first kappa shape index (κ1) is 16.9.